The normalized spacial score (nSPS) is 46.4. The van der Waals surface area contributed by atoms with E-state index in [0.29, 0.717) is 5.57 Å². The number of fused-ring (bicyclic) bond motifs is 4. The topological polar surface area (TPSA) is 106 Å². The standard InChI is InChI=1S/C19H22O7/c1-7(2)17(22)25-10-5-8(3)11-13(15-12(10)9(4)18(23)26-15)19(6-24-19)16(21)14(11)20/h10-16,20-21H,1,3-6H2,2H3/t10-,11-,12-,13-,14+,15-,16-,19-/m0/s1. The highest BCUT2D eigenvalue weighted by Gasteiger charge is 2.74. The lowest BCUT2D eigenvalue weighted by Gasteiger charge is -2.30. The predicted octanol–water partition coefficient (Wildman–Crippen LogP) is 0.269. The Balaban J connectivity index is 1.76. The van der Waals surface area contributed by atoms with Crippen molar-refractivity contribution in [2.45, 2.75) is 43.4 Å². The molecule has 2 aliphatic heterocycles. The van der Waals surface area contributed by atoms with Crippen LogP contribution in [-0.2, 0) is 23.8 Å². The maximum absolute atomic E-state index is 12.2. The summed E-state index contributed by atoms with van der Waals surface area (Å²) in [5.41, 5.74) is 0.125. The quantitative estimate of drug-likeness (QED) is 0.314. The third kappa shape index (κ3) is 2.17. The van der Waals surface area contributed by atoms with E-state index < -0.39 is 59.7 Å². The number of hydrogen-bond donors (Lipinski definition) is 2. The fourth-order valence-corrected chi connectivity index (χ4v) is 4.84. The average Bonchev–Trinajstić information content (AvgIpc) is 3.28. The highest BCUT2D eigenvalue weighted by Crippen LogP contribution is 2.60. The number of esters is 2. The summed E-state index contributed by atoms with van der Waals surface area (Å²) in [7, 11) is 0. The zero-order chi connectivity index (χ0) is 19.0. The van der Waals surface area contributed by atoms with Gasteiger partial charge in [0, 0.05) is 29.4 Å². The first kappa shape index (κ1) is 17.5. The van der Waals surface area contributed by atoms with Crippen LogP contribution in [0.2, 0.25) is 0 Å². The van der Waals surface area contributed by atoms with Crippen molar-refractivity contribution in [3.8, 4) is 0 Å². The molecule has 2 heterocycles. The molecule has 2 saturated carbocycles. The molecule has 0 radical (unpaired) electrons. The van der Waals surface area contributed by atoms with Crippen LogP contribution >= 0.6 is 0 Å². The van der Waals surface area contributed by atoms with Crippen LogP contribution in [0, 0.1) is 17.8 Å². The molecule has 7 nitrogen and oxygen atoms in total. The molecule has 0 aromatic heterocycles. The molecule has 0 bridgehead atoms. The second-order valence-electron chi connectivity index (χ2n) is 7.74. The zero-order valence-electron chi connectivity index (χ0n) is 14.5. The molecule has 0 aromatic carbocycles. The van der Waals surface area contributed by atoms with Crippen molar-refractivity contribution < 1.29 is 34.0 Å². The van der Waals surface area contributed by atoms with Crippen LogP contribution in [0.15, 0.2) is 36.5 Å². The molecular weight excluding hydrogens is 340 g/mol. The molecule has 1 spiro atoms. The van der Waals surface area contributed by atoms with E-state index in [1.165, 1.54) is 0 Å². The molecule has 140 valence electrons. The predicted molar refractivity (Wildman–Crippen MR) is 88.6 cm³/mol. The molecule has 2 saturated heterocycles. The van der Waals surface area contributed by atoms with Crippen molar-refractivity contribution in [1.82, 2.24) is 0 Å². The summed E-state index contributed by atoms with van der Waals surface area (Å²) in [5.74, 6) is -2.71. The lowest BCUT2D eigenvalue weighted by molar-refractivity contribution is -0.149. The molecule has 8 atom stereocenters. The van der Waals surface area contributed by atoms with E-state index in [9.17, 15) is 19.8 Å². The Morgan fingerprint density at radius 2 is 1.96 bits per heavy atom. The second-order valence-corrected chi connectivity index (χ2v) is 7.74. The van der Waals surface area contributed by atoms with Crippen LogP contribution in [0.5, 0.6) is 0 Å². The monoisotopic (exact) mass is 362 g/mol. The molecule has 0 unspecified atom stereocenters. The first-order chi connectivity index (χ1) is 12.2. The van der Waals surface area contributed by atoms with Crippen molar-refractivity contribution in [3.05, 3.63) is 36.5 Å². The third-order valence-electron chi connectivity index (χ3n) is 6.18. The van der Waals surface area contributed by atoms with Gasteiger partial charge in [0.25, 0.3) is 0 Å². The van der Waals surface area contributed by atoms with Crippen molar-refractivity contribution in [3.63, 3.8) is 0 Å². The molecule has 4 aliphatic rings. The number of aliphatic hydroxyl groups is 2. The lowest BCUT2D eigenvalue weighted by atomic mass is 9.78. The maximum Gasteiger partial charge on any atom is 0.334 e. The van der Waals surface area contributed by atoms with Gasteiger partial charge in [0.05, 0.1) is 18.6 Å². The molecule has 0 amide bonds. The van der Waals surface area contributed by atoms with Gasteiger partial charge in [0.2, 0.25) is 0 Å². The molecule has 2 aliphatic carbocycles. The molecule has 4 rings (SSSR count). The number of aliphatic hydroxyl groups excluding tert-OH is 2. The largest absolute Gasteiger partial charge is 0.458 e. The molecule has 7 heteroatoms. The number of carbonyl (C=O) groups excluding carboxylic acids is 2. The van der Waals surface area contributed by atoms with E-state index in [2.05, 4.69) is 19.7 Å². The van der Waals surface area contributed by atoms with E-state index in [0.717, 1.165) is 0 Å². The highest BCUT2D eigenvalue weighted by atomic mass is 16.6. The van der Waals surface area contributed by atoms with Gasteiger partial charge in [0.1, 0.15) is 23.9 Å². The Labute approximate surface area is 150 Å². The first-order valence-corrected chi connectivity index (χ1v) is 8.63. The van der Waals surface area contributed by atoms with Crippen molar-refractivity contribution in [2.24, 2.45) is 17.8 Å². The van der Waals surface area contributed by atoms with Gasteiger partial charge >= 0.3 is 11.9 Å². The number of rotatable bonds is 2. The van der Waals surface area contributed by atoms with Gasteiger partial charge in [-0.3, -0.25) is 0 Å². The van der Waals surface area contributed by atoms with Gasteiger partial charge in [-0.25, -0.2) is 9.59 Å². The van der Waals surface area contributed by atoms with Gasteiger partial charge in [-0.2, -0.15) is 0 Å². The van der Waals surface area contributed by atoms with Crippen LogP contribution < -0.4 is 0 Å². The van der Waals surface area contributed by atoms with E-state index >= 15 is 0 Å². The summed E-state index contributed by atoms with van der Waals surface area (Å²) < 4.78 is 16.7. The van der Waals surface area contributed by atoms with Gasteiger partial charge in [-0.1, -0.05) is 25.3 Å². The molecule has 0 aromatic rings. The fraction of sp³-hybridized carbons (Fsp3) is 0.579. The molecule has 4 fully saturated rings. The maximum atomic E-state index is 12.2. The Hall–Kier alpha value is -1.96. The molecule has 2 N–H and O–H groups in total. The number of ether oxygens (including phenoxy) is 3. The minimum absolute atomic E-state index is 0.217. The summed E-state index contributed by atoms with van der Waals surface area (Å²) in [5, 5.41) is 21.1. The van der Waals surface area contributed by atoms with Crippen LogP contribution in [0.4, 0.5) is 0 Å². The third-order valence-corrected chi connectivity index (χ3v) is 6.18. The van der Waals surface area contributed by atoms with Crippen LogP contribution in [0.25, 0.3) is 0 Å². The van der Waals surface area contributed by atoms with E-state index in [1.807, 2.05) is 0 Å². The van der Waals surface area contributed by atoms with Gasteiger partial charge in [0.15, 0.2) is 0 Å². The molecule has 26 heavy (non-hydrogen) atoms. The Kier molecular flexibility index (Phi) is 3.70. The fourth-order valence-electron chi connectivity index (χ4n) is 4.84. The smallest absolute Gasteiger partial charge is 0.334 e. The van der Waals surface area contributed by atoms with Crippen LogP contribution in [0.3, 0.4) is 0 Å². The minimum atomic E-state index is -1.09. The lowest BCUT2D eigenvalue weighted by Crippen LogP contribution is -2.43. The number of epoxide rings is 1. The zero-order valence-corrected chi connectivity index (χ0v) is 14.5. The Bertz CT molecular complexity index is 734. The van der Waals surface area contributed by atoms with Crippen LogP contribution in [-0.4, -0.2) is 58.8 Å². The summed E-state index contributed by atoms with van der Waals surface area (Å²) in [6, 6.07) is 0. The molecular formula is C19H22O7. The minimum Gasteiger partial charge on any atom is -0.458 e. The Morgan fingerprint density at radius 3 is 2.54 bits per heavy atom. The van der Waals surface area contributed by atoms with Crippen LogP contribution in [0.1, 0.15) is 13.3 Å². The highest BCUT2D eigenvalue weighted by molar-refractivity contribution is 5.91. The van der Waals surface area contributed by atoms with E-state index in [4.69, 9.17) is 14.2 Å². The van der Waals surface area contributed by atoms with Crippen molar-refractivity contribution in [2.75, 3.05) is 6.61 Å². The number of hydrogen-bond acceptors (Lipinski definition) is 7. The summed E-state index contributed by atoms with van der Waals surface area (Å²) in [6.45, 7) is 13.3. The van der Waals surface area contributed by atoms with Crippen molar-refractivity contribution >= 4 is 11.9 Å². The van der Waals surface area contributed by atoms with Gasteiger partial charge in [-0.05, 0) is 6.92 Å². The van der Waals surface area contributed by atoms with E-state index in [1.54, 1.807) is 6.92 Å². The first-order valence-electron chi connectivity index (χ1n) is 8.63. The second kappa shape index (κ2) is 5.52. The van der Waals surface area contributed by atoms with E-state index in [-0.39, 0.29) is 24.2 Å². The summed E-state index contributed by atoms with van der Waals surface area (Å²) in [4.78, 5) is 24.3. The van der Waals surface area contributed by atoms with Gasteiger partial charge in [-0.15, -0.1) is 0 Å². The average molecular weight is 362 g/mol. The SMILES string of the molecule is C=C(C)C(=O)O[C@H]1CC(=C)[C@@H]2[C@@H](O)[C@H](O)[C@]3(CO3)[C@@H]2[C@H]2OC(=O)C(=C)[C@H]21. The number of carbonyl (C=O) groups is 2. The summed E-state index contributed by atoms with van der Waals surface area (Å²) in [6.07, 6.45) is -3.36. The summed E-state index contributed by atoms with van der Waals surface area (Å²) >= 11 is 0. The van der Waals surface area contributed by atoms with Crippen molar-refractivity contribution in [1.29, 1.82) is 0 Å². The Morgan fingerprint density at radius 1 is 1.31 bits per heavy atom. The van der Waals surface area contributed by atoms with Gasteiger partial charge < -0.3 is 24.4 Å².